The molecule has 260 valence electrons. The summed E-state index contributed by atoms with van der Waals surface area (Å²) in [5.74, 6) is 0.650. The first-order chi connectivity index (χ1) is 26.8. The number of fused-ring (bicyclic) bond motifs is 1. The van der Waals surface area contributed by atoms with Crippen molar-refractivity contribution in [2.45, 2.75) is 46.9 Å². The molecule has 2 aromatic heterocycles. The molecule has 0 unspecified atom stereocenters. The molecule has 2 heterocycles. The van der Waals surface area contributed by atoms with E-state index in [0.29, 0.717) is 22.6 Å². The summed E-state index contributed by atoms with van der Waals surface area (Å²) < 4.78 is 27.8. The van der Waals surface area contributed by atoms with E-state index in [1.165, 1.54) is 0 Å². The van der Waals surface area contributed by atoms with Crippen LogP contribution in [0.15, 0.2) is 146 Å². The van der Waals surface area contributed by atoms with Crippen LogP contribution < -0.4 is 0 Å². The lowest BCUT2D eigenvalue weighted by Crippen LogP contribution is -2.11. The standard InChI is InChI=1S/C49H43N3O/c1-31-24-33(3)47(53)43(25-31)48-51-46-42(18-13-19-45(46)52(48)40-20-21-41(32(2)26-40)35-16-11-8-12-17-35)37-27-38(29-39(28-37)49(4,5)6)44-30-36(22-23-50-44)34-14-9-7-10-15-34/h7-30,53H,1-6H3/i2D3. The van der Waals surface area contributed by atoms with Gasteiger partial charge in [0, 0.05) is 27.1 Å². The summed E-state index contributed by atoms with van der Waals surface area (Å²) in [5.41, 5.74) is 13.1. The SMILES string of the molecule is [2H]C([2H])([2H])c1cc(-n2c(-c3cc(C)cc(C)c3O)nc3c(-c4cc(-c5cc(-c6ccccc6)ccn5)cc(C(C)(C)C)c4)cccc32)ccc1-c1ccccc1. The van der Waals surface area contributed by atoms with Crippen LogP contribution >= 0.6 is 0 Å². The Kier molecular flexibility index (Phi) is 7.66. The zero-order chi connectivity index (χ0) is 39.4. The summed E-state index contributed by atoms with van der Waals surface area (Å²) in [4.78, 5) is 10.2. The molecule has 0 saturated heterocycles. The van der Waals surface area contributed by atoms with E-state index in [-0.39, 0.29) is 16.7 Å². The molecule has 8 rings (SSSR count). The molecule has 53 heavy (non-hydrogen) atoms. The number of pyridine rings is 1. The maximum absolute atomic E-state index is 11.6. The van der Waals surface area contributed by atoms with Crippen LogP contribution in [0.4, 0.5) is 0 Å². The number of aromatic hydroxyl groups is 1. The van der Waals surface area contributed by atoms with Crippen LogP contribution in [0.25, 0.3) is 72.7 Å². The van der Waals surface area contributed by atoms with Crippen LogP contribution in [0.3, 0.4) is 0 Å². The summed E-state index contributed by atoms with van der Waals surface area (Å²) in [6.45, 7) is 8.12. The number of rotatable bonds is 6. The summed E-state index contributed by atoms with van der Waals surface area (Å²) in [7, 11) is 0. The molecule has 0 saturated carbocycles. The Hall–Kier alpha value is -6.26. The van der Waals surface area contributed by atoms with Crippen LogP contribution in [0.2, 0.25) is 0 Å². The van der Waals surface area contributed by atoms with Crippen LogP contribution in [-0.4, -0.2) is 19.6 Å². The number of para-hydroxylation sites is 1. The van der Waals surface area contributed by atoms with Crippen molar-refractivity contribution in [3.63, 3.8) is 0 Å². The first-order valence-electron chi connectivity index (χ1n) is 19.5. The zero-order valence-electron chi connectivity index (χ0n) is 33.6. The van der Waals surface area contributed by atoms with Gasteiger partial charge in [0.15, 0.2) is 0 Å². The second-order valence-electron chi connectivity index (χ2n) is 14.9. The highest BCUT2D eigenvalue weighted by molar-refractivity contribution is 5.97. The molecule has 0 spiro atoms. The minimum atomic E-state index is -2.39. The monoisotopic (exact) mass is 692 g/mol. The molecule has 0 aliphatic carbocycles. The van der Waals surface area contributed by atoms with Crippen molar-refractivity contribution >= 4 is 11.0 Å². The van der Waals surface area contributed by atoms with Crippen LogP contribution in [0.5, 0.6) is 5.75 Å². The molecular weight excluding hydrogens is 647 g/mol. The van der Waals surface area contributed by atoms with Crippen LogP contribution in [0, 0.1) is 20.7 Å². The lowest BCUT2D eigenvalue weighted by atomic mass is 9.83. The van der Waals surface area contributed by atoms with Crippen molar-refractivity contribution in [3.05, 3.63) is 168 Å². The molecule has 4 nitrogen and oxygen atoms in total. The minimum absolute atomic E-state index is 0.132. The molecular formula is C49H43N3O. The summed E-state index contributed by atoms with van der Waals surface area (Å²) in [6.07, 6.45) is 1.86. The van der Waals surface area contributed by atoms with Gasteiger partial charge in [-0.15, -0.1) is 0 Å². The molecule has 0 aliphatic heterocycles. The Morgan fingerprint density at radius 2 is 1.34 bits per heavy atom. The highest BCUT2D eigenvalue weighted by atomic mass is 16.3. The smallest absolute Gasteiger partial charge is 0.149 e. The first-order valence-corrected chi connectivity index (χ1v) is 18.0. The Balaban J connectivity index is 1.39. The second kappa shape index (κ2) is 13.4. The third kappa shape index (κ3) is 6.42. The minimum Gasteiger partial charge on any atom is -0.507 e. The van der Waals surface area contributed by atoms with E-state index in [9.17, 15) is 5.11 Å². The van der Waals surface area contributed by atoms with Crippen LogP contribution in [-0.2, 0) is 5.41 Å². The molecule has 0 aliphatic rings. The van der Waals surface area contributed by atoms with Gasteiger partial charge in [-0.25, -0.2) is 4.98 Å². The van der Waals surface area contributed by atoms with Gasteiger partial charge < -0.3 is 5.11 Å². The molecule has 8 aromatic rings. The van der Waals surface area contributed by atoms with Gasteiger partial charge in [0.2, 0.25) is 0 Å². The van der Waals surface area contributed by atoms with Crippen molar-refractivity contribution in [3.8, 4) is 67.5 Å². The normalized spacial score (nSPS) is 12.7. The number of aromatic nitrogens is 3. The Morgan fingerprint density at radius 3 is 2.08 bits per heavy atom. The zero-order valence-corrected chi connectivity index (χ0v) is 30.6. The fourth-order valence-electron chi connectivity index (χ4n) is 7.21. The van der Waals surface area contributed by atoms with E-state index < -0.39 is 6.85 Å². The van der Waals surface area contributed by atoms with E-state index >= 15 is 0 Å². The van der Waals surface area contributed by atoms with Gasteiger partial charge in [0.05, 0.1) is 22.3 Å². The quantitative estimate of drug-likeness (QED) is 0.189. The number of hydrogen-bond donors (Lipinski definition) is 1. The fraction of sp³-hybridized carbons (Fsp3) is 0.143. The van der Waals surface area contributed by atoms with E-state index in [2.05, 4.69) is 63.2 Å². The molecule has 0 fully saturated rings. The first kappa shape index (κ1) is 30.4. The van der Waals surface area contributed by atoms with E-state index in [1.54, 1.807) is 6.07 Å². The number of phenolic OH excluding ortho intramolecular Hbond substituents is 1. The number of phenols is 1. The van der Waals surface area contributed by atoms with Crippen molar-refractivity contribution in [2.75, 3.05) is 0 Å². The number of benzene rings is 6. The third-order valence-electron chi connectivity index (χ3n) is 9.99. The molecule has 0 radical (unpaired) electrons. The molecule has 1 N–H and O–H groups in total. The van der Waals surface area contributed by atoms with Crippen LogP contribution in [0.1, 0.15) is 47.1 Å². The molecule has 0 bridgehead atoms. The van der Waals surface area contributed by atoms with Gasteiger partial charge in [0.25, 0.3) is 0 Å². The van der Waals surface area contributed by atoms with Gasteiger partial charge in [-0.2, -0.15) is 0 Å². The summed E-state index contributed by atoms with van der Waals surface area (Å²) in [6, 6.07) is 46.3. The lowest BCUT2D eigenvalue weighted by Gasteiger charge is -2.22. The highest BCUT2D eigenvalue weighted by Gasteiger charge is 2.23. The summed E-state index contributed by atoms with van der Waals surface area (Å²) in [5, 5.41) is 11.6. The van der Waals surface area contributed by atoms with Gasteiger partial charge in [0.1, 0.15) is 11.6 Å². The number of aryl methyl sites for hydroxylation is 3. The second-order valence-corrected chi connectivity index (χ2v) is 14.9. The average molecular weight is 693 g/mol. The van der Waals surface area contributed by atoms with Gasteiger partial charge >= 0.3 is 0 Å². The number of hydrogen-bond acceptors (Lipinski definition) is 3. The maximum Gasteiger partial charge on any atom is 0.149 e. The van der Waals surface area contributed by atoms with Crippen molar-refractivity contribution < 1.29 is 9.22 Å². The van der Waals surface area contributed by atoms with E-state index in [1.807, 2.05) is 116 Å². The third-order valence-corrected chi connectivity index (χ3v) is 9.99. The largest absolute Gasteiger partial charge is 0.507 e. The van der Waals surface area contributed by atoms with E-state index in [0.717, 1.165) is 66.8 Å². The predicted octanol–water partition coefficient (Wildman–Crippen LogP) is 12.7. The van der Waals surface area contributed by atoms with Gasteiger partial charge in [-0.3, -0.25) is 9.55 Å². The highest BCUT2D eigenvalue weighted by Crippen LogP contribution is 2.41. The number of nitrogens with zero attached hydrogens (tertiary/aromatic N) is 3. The topological polar surface area (TPSA) is 50.9 Å². The fourth-order valence-corrected chi connectivity index (χ4v) is 7.21. The van der Waals surface area contributed by atoms with Gasteiger partial charge in [-0.1, -0.05) is 112 Å². The average Bonchev–Trinajstić information content (AvgIpc) is 3.58. The Morgan fingerprint density at radius 1 is 0.604 bits per heavy atom. The molecule has 6 aromatic carbocycles. The van der Waals surface area contributed by atoms with Crippen molar-refractivity contribution in [1.82, 2.24) is 14.5 Å². The van der Waals surface area contributed by atoms with Gasteiger partial charge in [-0.05, 0) is 125 Å². The van der Waals surface area contributed by atoms with Crippen molar-refractivity contribution in [1.29, 1.82) is 0 Å². The molecule has 0 amide bonds. The predicted molar refractivity (Wildman–Crippen MR) is 221 cm³/mol. The number of imidazole rings is 1. The van der Waals surface area contributed by atoms with Crippen molar-refractivity contribution in [2.24, 2.45) is 0 Å². The summed E-state index contributed by atoms with van der Waals surface area (Å²) >= 11 is 0. The lowest BCUT2D eigenvalue weighted by molar-refractivity contribution is 0.472. The maximum atomic E-state index is 11.6. The van der Waals surface area contributed by atoms with E-state index in [4.69, 9.17) is 14.1 Å². The Labute approximate surface area is 316 Å². The molecule has 0 atom stereocenters. The molecule has 4 heteroatoms. The Bertz CT molecular complexity index is 2740.